The van der Waals surface area contributed by atoms with Gasteiger partial charge in [-0.05, 0) is 12.5 Å². The molecule has 1 aromatic rings. The summed E-state index contributed by atoms with van der Waals surface area (Å²) in [7, 11) is 0. The average Bonchev–Trinajstić information content (AvgIpc) is 2.35. The second kappa shape index (κ2) is 6.43. The van der Waals surface area contributed by atoms with Crippen molar-refractivity contribution in [1.29, 1.82) is 0 Å². The van der Waals surface area contributed by atoms with Gasteiger partial charge < -0.3 is 15.5 Å². The molecule has 0 heterocycles. The van der Waals surface area contributed by atoms with Gasteiger partial charge in [0.15, 0.2) is 0 Å². The van der Waals surface area contributed by atoms with Crippen LogP contribution < -0.4 is 5.32 Å². The van der Waals surface area contributed by atoms with E-state index >= 15 is 0 Å². The first-order valence-corrected chi connectivity index (χ1v) is 5.42. The molecule has 0 amide bonds. The highest BCUT2D eigenvalue weighted by Gasteiger charge is 2.13. The van der Waals surface area contributed by atoms with Crippen LogP contribution in [0.25, 0.3) is 0 Å². The van der Waals surface area contributed by atoms with Crippen LogP contribution >= 0.6 is 0 Å². The molecule has 3 atom stereocenters. The van der Waals surface area contributed by atoms with Gasteiger partial charge in [0.05, 0.1) is 12.2 Å². The van der Waals surface area contributed by atoms with Crippen LogP contribution in [-0.4, -0.2) is 29.0 Å². The van der Waals surface area contributed by atoms with Crippen molar-refractivity contribution in [3.05, 3.63) is 48.6 Å². The maximum atomic E-state index is 9.53. The fraction of sp³-hybridized carbons (Fsp3) is 0.385. The first-order chi connectivity index (χ1) is 7.65. The second-order valence-corrected chi connectivity index (χ2v) is 3.83. The van der Waals surface area contributed by atoms with Crippen molar-refractivity contribution in [1.82, 2.24) is 5.32 Å². The molecule has 0 unspecified atom stereocenters. The highest BCUT2D eigenvalue weighted by atomic mass is 16.3. The zero-order valence-corrected chi connectivity index (χ0v) is 9.50. The number of aliphatic hydroxyl groups is 2. The van der Waals surface area contributed by atoms with Gasteiger partial charge in [-0.25, -0.2) is 0 Å². The standard InChI is InChI=1S/C13H19NO2/c1-3-12(15)13(16)9-14-10(2)11-7-5-4-6-8-11/h3-8,10,12-16H,1,9H2,2H3/t10-,12-,13+/m0/s1. The van der Waals surface area contributed by atoms with E-state index in [0.29, 0.717) is 6.54 Å². The van der Waals surface area contributed by atoms with E-state index in [1.165, 1.54) is 6.08 Å². The Hall–Kier alpha value is -1.16. The molecule has 3 N–H and O–H groups in total. The van der Waals surface area contributed by atoms with Gasteiger partial charge in [-0.15, -0.1) is 6.58 Å². The molecule has 0 saturated heterocycles. The van der Waals surface area contributed by atoms with E-state index in [9.17, 15) is 10.2 Å². The van der Waals surface area contributed by atoms with Gasteiger partial charge in [-0.2, -0.15) is 0 Å². The lowest BCUT2D eigenvalue weighted by atomic mass is 10.1. The molecule has 0 fully saturated rings. The van der Waals surface area contributed by atoms with Crippen LogP contribution in [0.2, 0.25) is 0 Å². The van der Waals surface area contributed by atoms with Crippen LogP contribution in [0, 0.1) is 0 Å². The number of nitrogens with one attached hydrogen (secondary N) is 1. The largest absolute Gasteiger partial charge is 0.389 e. The topological polar surface area (TPSA) is 52.5 Å². The van der Waals surface area contributed by atoms with E-state index in [1.807, 2.05) is 37.3 Å². The molecule has 0 aliphatic carbocycles. The van der Waals surface area contributed by atoms with Gasteiger partial charge in [0.2, 0.25) is 0 Å². The van der Waals surface area contributed by atoms with Crippen LogP contribution in [0.3, 0.4) is 0 Å². The summed E-state index contributed by atoms with van der Waals surface area (Å²) in [6, 6.07) is 10.1. The second-order valence-electron chi connectivity index (χ2n) is 3.83. The molecule has 0 spiro atoms. The molecule has 16 heavy (non-hydrogen) atoms. The van der Waals surface area contributed by atoms with E-state index in [2.05, 4.69) is 11.9 Å². The van der Waals surface area contributed by atoms with E-state index in [4.69, 9.17) is 0 Å². The summed E-state index contributed by atoms with van der Waals surface area (Å²) in [6.45, 7) is 5.78. The molecule has 0 aliphatic heterocycles. The minimum Gasteiger partial charge on any atom is -0.389 e. The molecule has 0 bridgehead atoms. The molecular weight excluding hydrogens is 202 g/mol. The summed E-state index contributed by atoms with van der Waals surface area (Å²) in [5.41, 5.74) is 1.16. The predicted octanol–water partition coefficient (Wildman–Crippen LogP) is 1.25. The van der Waals surface area contributed by atoms with Crippen molar-refractivity contribution >= 4 is 0 Å². The van der Waals surface area contributed by atoms with Crippen LogP contribution in [-0.2, 0) is 0 Å². The minimum absolute atomic E-state index is 0.146. The van der Waals surface area contributed by atoms with Gasteiger partial charge in [-0.1, -0.05) is 36.4 Å². The third-order valence-electron chi connectivity index (χ3n) is 2.57. The molecule has 0 saturated carbocycles. The monoisotopic (exact) mass is 221 g/mol. The average molecular weight is 221 g/mol. The molecule has 0 aromatic heterocycles. The molecule has 3 heteroatoms. The highest BCUT2D eigenvalue weighted by molar-refractivity contribution is 5.18. The van der Waals surface area contributed by atoms with Crippen LogP contribution in [0.1, 0.15) is 18.5 Å². The van der Waals surface area contributed by atoms with E-state index < -0.39 is 12.2 Å². The Labute approximate surface area is 96.4 Å². The Morgan fingerprint density at radius 3 is 2.50 bits per heavy atom. The molecule has 0 aliphatic rings. The fourth-order valence-electron chi connectivity index (χ4n) is 1.43. The van der Waals surface area contributed by atoms with Crippen LogP contribution in [0.15, 0.2) is 43.0 Å². The third-order valence-corrected chi connectivity index (χ3v) is 2.57. The predicted molar refractivity (Wildman–Crippen MR) is 65.1 cm³/mol. The van der Waals surface area contributed by atoms with Crippen molar-refractivity contribution in [3.8, 4) is 0 Å². The summed E-state index contributed by atoms with van der Waals surface area (Å²) in [4.78, 5) is 0. The van der Waals surface area contributed by atoms with Crippen molar-refractivity contribution in [3.63, 3.8) is 0 Å². The molecule has 88 valence electrons. The SMILES string of the molecule is C=C[C@H](O)[C@H](O)CN[C@@H](C)c1ccccc1. The van der Waals surface area contributed by atoms with Crippen molar-refractivity contribution < 1.29 is 10.2 Å². The summed E-state index contributed by atoms with van der Waals surface area (Å²) in [5, 5.41) is 22.0. The molecule has 3 nitrogen and oxygen atoms in total. The third kappa shape index (κ3) is 3.77. The van der Waals surface area contributed by atoms with Gasteiger partial charge in [0.25, 0.3) is 0 Å². The lowest BCUT2D eigenvalue weighted by Crippen LogP contribution is -2.36. The van der Waals surface area contributed by atoms with Crippen molar-refractivity contribution in [2.45, 2.75) is 25.2 Å². The Kier molecular flexibility index (Phi) is 5.19. The summed E-state index contributed by atoms with van der Waals surface area (Å²) < 4.78 is 0. The Morgan fingerprint density at radius 2 is 1.94 bits per heavy atom. The van der Waals surface area contributed by atoms with Gasteiger partial charge in [0.1, 0.15) is 0 Å². The fourth-order valence-corrected chi connectivity index (χ4v) is 1.43. The maximum absolute atomic E-state index is 9.53. The zero-order valence-electron chi connectivity index (χ0n) is 9.50. The van der Waals surface area contributed by atoms with Crippen LogP contribution in [0.4, 0.5) is 0 Å². The van der Waals surface area contributed by atoms with Crippen molar-refractivity contribution in [2.24, 2.45) is 0 Å². The number of hydrogen-bond acceptors (Lipinski definition) is 3. The van der Waals surface area contributed by atoms with Crippen molar-refractivity contribution in [2.75, 3.05) is 6.54 Å². The summed E-state index contributed by atoms with van der Waals surface area (Å²) in [5.74, 6) is 0. The molecule has 1 rings (SSSR count). The van der Waals surface area contributed by atoms with Crippen LogP contribution in [0.5, 0.6) is 0 Å². The number of benzene rings is 1. The Morgan fingerprint density at radius 1 is 1.31 bits per heavy atom. The quantitative estimate of drug-likeness (QED) is 0.634. The number of hydrogen-bond donors (Lipinski definition) is 3. The number of rotatable bonds is 6. The lowest BCUT2D eigenvalue weighted by Gasteiger charge is -2.19. The van der Waals surface area contributed by atoms with Gasteiger partial charge in [0, 0.05) is 12.6 Å². The molecular formula is C13H19NO2. The normalized spacial score (nSPS) is 16.4. The first-order valence-electron chi connectivity index (χ1n) is 5.42. The first kappa shape index (κ1) is 12.9. The lowest BCUT2D eigenvalue weighted by molar-refractivity contribution is 0.0477. The van der Waals surface area contributed by atoms with E-state index in [-0.39, 0.29) is 6.04 Å². The van der Waals surface area contributed by atoms with Gasteiger partial charge >= 0.3 is 0 Å². The summed E-state index contributed by atoms with van der Waals surface area (Å²) in [6.07, 6.45) is -0.362. The minimum atomic E-state index is -0.879. The Balaban J connectivity index is 2.41. The maximum Gasteiger partial charge on any atom is 0.0989 e. The van der Waals surface area contributed by atoms with E-state index in [1.54, 1.807) is 0 Å². The molecule has 0 radical (unpaired) electrons. The molecule has 1 aromatic carbocycles. The smallest absolute Gasteiger partial charge is 0.0989 e. The van der Waals surface area contributed by atoms with E-state index in [0.717, 1.165) is 5.56 Å². The number of aliphatic hydroxyl groups excluding tert-OH is 2. The zero-order chi connectivity index (χ0) is 12.0. The Bertz CT molecular complexity index is 313. The highest BCUT2D eigenvalue weighted by Crippen LogP contribution is 2.10. The van der Waals surface area contributed by atoms with Gasteiger partial charge in [-0.3, -0.25) is 0 Å². The summed E-state index contributed by atoms with van der Waals surface area (Å²) >= 11 is 0.